The molecule has 1 aliphatic heterocycles. The highest BCUT2D eigenvalue weighted by molar-refractivity contribution is 8.15. The number of rotatable bonds is 6. The van der Waals surface area contributed by atoms with Crippen LogP contribution in [0.5, 0.6) is 0 Å². The van der Waals surface area contributed by atoms with Crippen molar-refractivity contribution < 1.29 is 8.78 Å². The maximum absolute atomic E-state index is 14.6. The van der Waals surface area contributed by atoms with Crippen LogP contribution in [0, 0.1) is 25.5 Å². The zero-order valence-electron chi connectivity index (χ0n) is 16.6. The number of aromatic nitrogens is 2. The lowest BCUT2D eigenvalue weighted by Crippen LogP contribution is -2.38. The van der Waals surface area contributed by atoms with Crippen LogP contribution in [0.25, 0.3) is 0 Å². The van der Waals surface area contributed by atoms with E-state index < -0.39 is 16.5 Å². The van der Waals surface area contributed by atoms with Crippen LogP contribution in [0.1, 0.15) is 34.5 Å². The zero-order valence-corrected chi connectivity index (χ0v) is 18.2. The van der Waals surface area contributed by atoms with Crippen molar-refractivity contribution in [1.29, 1.82) is 0 Å². The average Bonchev–Trinajstić information content (AvgIpc) is 3.32. The largest absolute Gasteiger partial charge is 0.330 e. The van der Waals surface area contributed by atoms with Gasteiger partial charge < -0.3 is 5.73 Å². The van der Waals surface area contributed by atoms with Gasteiger partial charge in [0.1, 0.15) is 26.6 Å². The molecular formula is C21H21F2N5S2. The van der Waals surface area contributed by atoms with Gasteiger partial charge in [-0.05, 0) is 57.0 Å². The van der Waals surface area contributed by atoms with E-state index in [1.165, 1.54) is 29.2 Å². The van der Waals surface area contributed by atoms with Crippen molar-refractivity contribution in [3.63, 3.8) is 0 Å². The second-order valence-corrected chi connectivity index (χ2v) is 9.52. The van der Waals surface area contributed by atoms with Crippen LogP contribution in [0.15, 0.2) is 47.6 Å². The number of hydrogen-bond donors (Lipinski definition) is 1. The molecule has 2 heterocycles. The quantitative estimate of drug-likeness (QED) is 0.582. The highest BCUT2D eigenvalue weighted by atomic mass is 32.2. The summed E-state index contributed by atoms with van der Waals surface area (Å²) in [5, 5.41) is 16.8. The Labute approximate surface area is 182 Å². The predicted octanol–water partition coefficient (Wildman–Crippen LogP) is 4.94. The monoisotopic (exact) mass is 445 g/mol. The molecule has 30 heavy (non-hydrogen) atoms. The first-order valence-electron chi connectivity index (χ1n) is 9.53. The molecule has 0 fully saturated rings. The number of aryl methyl sites for hydroxylation is 2. The number of thioether (sulfide) groups is 1. The molecule has 4 rings (SSSR count). The fourth-order valence-electron chi connectivity index (χ4n) is 3.45. The van der Waals surface area contributed by atoms with Gasteiger partial charge in [0.2, 0.25) is 5.13 Å². The van der Waals surface area contributed by atoms with Gasteiger partial charge in [0, 0.05) is 5.56 Å². The van der Waals surface area contributed by atoms with Crippen LogP contribution in [-0.2, 0) is 4.87 Å². The Morgan fingerprint density at radius 1 is 1.10 bits per heavy atom. The lowest BCUT2D eigenvalue weighted by Gasteiger charge is -2.35. The standard InChI is InChI=1S/C21H21F2N5S2/c1-13-5-3-6-15(11-13)21(9-4-10-24)28(20-26-25-14(2)29-20)27-19(30-21)17-12-16(22)7-8-18(17)23/h3,5-8,11-12H,4,9-10,24H2,1-2H3. The molecule has 0 saturated carbocycles. The van der Waals surface area contributed by atoms with Crippen molar-refractivity contribution in [3.05, 3.63) is 75.8 Å². The maximum atomic E-state index is 14.6. The van der Waals surface area contributed by atoms with Gasteiger partial charge in [-0.15, -0.1) is 10.2 Å². The molecule has 9 heteroatoms. The molecule has 3 aromatic rings. The van der Waals surface area contributed by atoms with Gasteiger partial charge in [-0.3, -0.25) is 0 Å². The lowest BCUT2D eigenvalue weighted by atomic mass is 9.99. The summed E-state index contributed by atoms with van der Waals surface area (Å²) in [6.07, 6.45) is 1.38. The molecule has 5 nitrogen and oxygen atoms in total. The second kappa shape index (κ2) is 8.41. The molecule has 0 spiro atoms. The van der Waals surface area contributed by atoms with Crippen molar-refractivity contribution >= 4 is 33.3 Å². The third kappa shape index (κ3) is 3.84. The third-order valence-corrected chi connectivity index (χ3v) is 7.10. The Morgan fingerprint density at radius 3 is 2.63 bits per heavy atom. The van der Waals surface area contributed by atoms with Gasteiger partial charge in [-0.2, -0.15) is 5.10 Å². The molecule has 156 valence electrons. The van der Waals surface area contributed by atoms with Crippen molar-refractivity contribution in [1.82, 2.24) is 10.2 Å². The molecule has 0 aliphatic carbocycles. The molecule has 1 aromatic heterocycles. The van der Waals surface area contributed by atoms with E-state index in [1.807, 2.05) is 32.0 Å². The van der Waals surface area contributed by atoms with E-state index in [2.05, 4.69) is 16.3 Å². The summed E-state index contributed by atoms with van der Waals surface area (Å²) >= 11 is 2.81. The summed E-state index contributed by atoms with van der Waals surface area (Å²) in [6.45, 7) is 4.39. The van der Waals surface area contributed by atoms with Gasteiger partial charge >= 0.3 is 0 Å². The van der Waals surface area contributed by atoms with Crippen LogP contribution in [0.3, 0.4) is 0 Å². The summed E-state index contributed by atoms with van der Waals surface area (Å²) in [5.74, 6) is -1.03. The Hall–Kier alpha value is -2.36. The fourth-order valence-corrected chi connectivity index (χ4v) is 5.63. The molecular weight excluding hydrogens is 424 g/mol. The van der Waals surface area contributed by atoms with Crippen molar-refractivity contribution in [2.75, 3.05) is 11.6 Å². The first-order valence-corrected chi connectivity index (χ1v) is 11.2. The van der Waals surface area contributed by atoms with Crippen LogP contribution in [-0.4, -0.2) is 21.8 Å². The van der Waals surface area contributed by atoms with Gasteiger partial charge in [0.15, 0.2) is 0 Å². The van der Waals surface area contributed by atoms with Crippen LogP contribution < -0.4 is 10.7 Å². The van der Waals surface area contributed by atoms with Crippen LogP contribution in [0.2, 0.25) is 0 Å². The highest BCUT2D eigenvalue weighted by Crippen LogP contribution is 2.52. The number of benzene rings is 2. The molecule has 2 aromatic carbocycles. The van der Waals surface area contributed by atoms with E-state index in [1.54, 1.807) is 5.01 Å². The molecule has 1 atom stereocenters. The van der Waals surface area contributed by atoms with Crippen LogP contribution in [0.4, 0.5) is 13.9 Å². The minimum atomic E-state index is -0.689. The molecule has 0 bridgehead atoms. The fraction of sp³-hybridized carbons (Fsp3) is 0.286. The van der Waals surface area contributed by atoms with E-state index in [9.17, 15) is 8.78 Å². The lowest BCUT2D eigenvalue weighted by molar-refractivity contribution is 0.525. The average molecular weight is 446 g/mol. The minimum Gasteiger partial charge on any atom is -0.330 e. The molecule has 0 amide bonds. The van der Waals surface area contributed by atoms with Gasteiger partial charge in [0.05, 0.1) is 0 Å². The third-order valence-electron chi connectivity index (χ3n) is 4.84. The number of anilines is 1. The Morgan fingerprint density at radius 2 is 1.93 bits per heavy atom. The molecule has 1 aliphatic rings. The summed E-state index contributed by atoms with van der Waals surface area (Å²) in [6, 6.07) is 11.5. The molecule has 1 unspecified atom stereocenters. The van der Waals surface area contributed by atoms with E-state index in [0.717, 1.165) is 34.7 Å². The number of nitrogens with two attached hydrogens (primary N) is 1. The van der Waals surface area contributed by atoms with Gasteiger partial charge in [0.25, 0.3) is 0 Å². The van der Waals surface area contributed by atoms with Crippen molar-refractivity contribution in [3.8, 4) is 0 Å². The topological polar surface area (TPSA) is 67.4 Å². The van der Waals surface area contributed by atoms with Gasteiger partial charge in [-0.25, -0.2) is 13.8 Å². The Kier molecular flexibility index (Phi) is 5.86. The van der Waals surface area contributed by atoms with Crippen LogP contribution >= 0.6 is 23.1 Å². The Balaban J connectivity index is 1.90. The summed E-state index contributed by atoms with van der Waals surface area (Å²) in [4.78, 5) is -0.689. The maximum Gasteiger partial charge on any atom is 0.230 e. The molecule has 2 N–H and O–H groups in total. The summed E-state index contributed by atoms with van der Waals surface area (Å²) in [5.41, 5.74) is 8.08. The SMILES string of the molecule is Cc1cccc(C2(CCCN)SC(c3cc(F)ccc3F)=NN2c2nnc(C)s2)c1. The number of halogens is 2. The number of nitrogens with zero attached hydrogens (tertiary/aromatic N) is 4. The number of hydrazone groups is 1. The minimum absolute atomic E-state index is 0.133. The molecule has 0 saturated heterocycles. The smallest absolute Gasteiger partial charge is 0.230 e. The van der Waals surface area contributed by atoms with Crippen molar-refractivity contribution in [2.45, 2.75) is 31.6 Å². The van der Waals surface area contributed by atoms with E-state index >= 15 is 0 Å². The van der Waals surface area contributed by atoms with E-state index in [4.69, 9.17) is 10.8 Å². The van der Waals surface area contributed by atoms with Crippen molar-refractivity contribution in [2.24, 2.45) is 10.8 Å². The number of hydrogen-bond acceptors (Lipinski definition) is 7. The first-order chi connectivity index (χ1) is 14.4. The zero-order chi connectivity index (χ0) is 21.3. The van der Waals surface area contributed by atoms with E-state index in [-0.39, 0.29) is 5.56 Å². The highest BCUT2D eigenvalue weighted by Gasteiger charge is 2.47. The van der Waals surface area contributed by atoms with E-state index in [0.29, 0.717) is 23.1 Å². The summed E-state index contributed by atoms with van der Waals surface area (Å²) < 4.78 is 28.5. The normalized spacial score (nSPS) is 18.7. The molecule has 0 radical (unpaired) electrons. The van der Waals surface area contributed by atoms with Gasteiger partial charge in [-0.1, -0.05) is 52.9 Å². The summed E-state index contributed by atoms with van der Waals surface area (Å²) in [7, 11) is 0. The Bertz CT molecular complexity index is 1100. The first kappa shape index (κ1) is 20.9. The predicted molar refractivity (Wildman–Crippen MR) is 119 cm³/mol. The second-order valence-electron chi connectivity index (χ2n) is 7.09.